The van der Waals surface area contributed by atoms with Crippen molar-refractivity contribution in [1.82, 2.24) is 4.90 Å². The van der Waals surface area contributed by atoms with Crippen LogP contribution in [0.1, 0.15) is 143 Å². The van der Waals surface area contributed by atoms with Gasteiger partial charge in [0.2, 0.25) is 5.78 Å². The molecule has 7 atom stereocenters. The molecule has 1 N–H and O–H groups in total. The maximum atomic E-state index is 13.9. The molecule has 324 valence electrons. The lowest BCUT2D eigenvalue weighted by atomic mass is 9.46. The van der Waals surface area contributed by atoms with Crippen molar-refractivity contribution in [3.8, 4) is 0 Å². The Bertz CT molecular complexity index is 1530. The summed E-state index contributed by atoms with van der Waals surface area (Å²) in [5.74, 6) is -2.37. The second-order valence-electron chi connectivity index (χ2n) is 18.0. The predicted octanol–water partition coefficient (Wildman–Crippen LogP) is 8.40. The number of hydrogen-bond acceptors (Lipinski definition) is 10. The van der Waals surface area contributed by atoms with Crippen LogP contribution in [0.5, 0.6) is 0 Å². The molecule has 10 nitrogen and oxygen atoms in total. The third-order valence-electron chi connectivity index (χ3n) is 13.5. The molecule has 0 saturated heterocycles. The number of Topliss-reactive ketones (excluding diaryl/α,β-unsaturated/α-hetero) is 2. The number of aliphatic hydroxyl groups is 1. The van der Waals surface area contributed by atoms with E-state index in [0.29, 0.717) is 32.4 Å². The first-order valence-electron chi connectivity index (χ1n) is 22.4. The number of rotatable bonds is 26. The summed E-state index contributed by atoms with van der Waals surface area (Å²) in [6.45, 7) is 6.71. The minimum absolute atomic E-state index is 0.00492. The number of esters is 2. The molecule has 0 aromatic rings. The summed E-state index contributed by atoms with van der Waals surface area (Å²) in [4.78, 5) is 66.7. The van der Waals surface area contributed by atoms with Gasteiger partial charge in [0.15, 0.2) is 12.4 Å². The summed E-state index contributed by atoms with van der Waals surface area (Å²) in [6.07, 6.45) is 29.8. The summed E-state index contributed by atoms with van der Waals surface area (Å²) in [5, 5.41) is 11.9. The monoisotopic (exact) mass is 808 g/mol. The van der Waals surface area contributed by atoms with E-state index >= 15 is 0 Å². The third kappa shape index (κ3) is 12.7. The van der Waals surface area contributed by atoms with Crippen molar-refractivity contribution in [3.05, 3.63) is 48.1 Å². The van der Waals surface area contributed by atoms with Crippen LogP contribution in [0.3, 0.4) is 0 Å². The topological polar surface area (TPSA) is 137 Å². The lowest BCUT2D eigenvalue weighted by molar-refractivity contribution is -0.172. The normalized spacial score (nSPS) is 28.4. The van der Waals surface area contributed by atoms with Gasteiger partial charge in [0.25, 0.3) is 0 Å². The quantitative estimate of drug-likeness (QED) is 0.0516. The molecule has 0 radical (unpaired) electrons. The molecule has 0 heterocycles. The van der Waals surface area contributed by atoms with Crippen LogP contribution in [0, 0.1) is 28.6 Å². The third-order valence-corrected chi connectivity index (χ3v) is 13.5. The number of ether oxygens (including phenoxy) is 3. The summed E-state index contributed by atoms with van der Waals surface area (Å²) >= 11 is 0. The Morgan fingerprint density at radius 3 is 2.24 bits per heavy atom. The molecule has 0 amide bonds. The van der Waals surface area contributed by atoms with Crippen molar-refractivity contribution >= 4 is 29.3 Å². The number of unbranched alkanes of at least 4 members (excludes halogenated alkanes) is 9. The number of likely N-dealkylation sites (N-methyl/N-ethyl adjacent to an activating group) is 1. The van der Waals surface area contributed by atoms with Crippen LogP contribution in [-0.2, 0) is 38.2 Å². The van der Waals surface area contributed by atoms with Gasteiger partial charge in [-0.25, -0.2) is 0 Å². The maximum absolute atomic E-state index is 13.9. The first-order valence-corrected chi connectivity index (χ1v) is 22.4. The Hall–Kier alpha value is -3.21. The highest BCUT2D eigenvalue weighted by Crippen LogP contribution is 2.66. The molecule has 0 aromatic carbocycles. The molecular formula is C48H73NO9. The number of fused-ring (bicyclic) bond motifs is 5. The predicted molar refractivity (Wildman–Crippen MR) is 226 cm³/mol. The standard InChI is InChI=1S/C48H73NO9/c1-6-7-8-9-10-11-12-13-14-15-16-17-18-19-20-21-30-56-38(33-49(4)5)34-57-43(53)24-25-44(54)58-35-42(52)48(55)29-27-40-39-23-22-36-31-37(50)26-28-46(36,2)45(39)41(51)32-47(40,48)3/h10-11,13-14,26,28,31,38-40,45,55H,6-9,12,15-25,27,29-30,32-35H2,1-5H3/t38?,39-,40-,45+,46-,47-,48-/m0/s1. The smallest absolute Gasteiger partial charge is 0.306 e. The van der Waals surface area contributed by atoms with Gasteiger partial charge in [0.1, 0.15) is 24.1 Å². The molecule has 3 fully saturated rings. The van der Waals surface area contributed by atoms with Gasteiger partial charge in [0.05, 0.1) is 12.8 Å². The fourth-order valence-corrected chi connectivity index (χ4v) is 10.2. The molecule has 0 aliphatic heterocycles. The lowest BCUT2D eigenvalue weighted by Gasteiger charge is -2.56. The lowest BCUT2D eigenvalue weighted by Crippen LogP contribution is -2.60. The van der Waals surface area contributed by atoms with Crippen LogP contribution in [0.15, 0.2) is 48.1 Å². The van der Waals surface area contributed by atoms with Gasteiger partial charge in [-0.05, 0) is 102 Å². The molecule has 0 spiro atoms. The Balaban J connectivity index is 1.10. The molecule has 10 heteroatoms. The van der Waals surface area contributed by atoms with Gasteiger partial charge in [-0.1, -0.05) is 95.2 Å². The van der Waals surface area contributed by atoms with Gasteiger partial charge in [0, 0.05) is 36.3 Å². The summed E-state index contributed by atoms with van der Waals surface area (Å²) in [6, 6.07) is 0. The SMILES string of the molecule is CCCCCC=CCC=CCCCCCCCCOC(COC(=O)CCC(=O)OCC(=O)[C@@]1(O)CC[C@H]2[C@@H]3CCC4=CC(=O)C=C[C@]4(C)[C@H]3C(=O)C[C@@]21C)CN(C)C. The zero-order valence-electron chi connectivity index (χ0n) is 36.3. The average molecular weight is 808 g/mol. The van der Waals surface area contributed by atoms with Gasteiger partial charge in [-0.15, -0.1) is 0 Å². The Morgan fingerprint density at radius 2 is 1.55 bits per heavy atom. The van der Waals surface area contributed by atoms with E-state index in [-0.39, 0.29) is 67.7 Å². The fraction of sp³-hybridized carbons (Fsp3) is 0.729. The van der Waals surface area contributed by atoms with Crippen molar-refractivity contribution in [2.24, 2.45) is 28.6 Å². The number of ketones is 3. The van der Waals surface area contributed by atoms with Gasteiger partial charge < -0.3 is 24.2 Å². The molecule has 3 saturated carbocycles. The van der Waals surface area contributed by atoms with Crippen LogP contribution >= 0.6 is 0 Å². The molecule has 0 bridgehead atoms. The number of carbonyl (C=O) groups excluding carboxylic acids is 5. The van der Waals surface area contributed by atoms with Crippen molar-refractivity contribution in [2.45, 2.75) is 154 Å². The number of carbonyl (C=O) groups is 5. The van der Waals surface area contributed by atoms with E-state index in [0.717, 1.165) is 31.3 Å². The molecule has 4 rings (SSSR count). The molecule has 4 aliphatic carbocycles. The van der Waals surface area contributed by atoms with Crippen molar-refractivity contribution < 1.29 is 43.3 Å². The zero-order valence-corrected chi connectivity index (χ0v) is 36.3. The highest BCUT2D eigenvalue weighted by molar-refractivity contribution is 6.02. The first-order chi connectivity index (χ1) is 27.7. The summed E-state index contributed by atoms with van der Waals surface area (Å²) in [5.41, 5.74) is -2.35. The van der Waals surface area contributed by atoms with E-state index in [4.69, 9.17) is 14.2 Å². The average Bonchev–Trinajstić information content (AvgIpc) is 3.46. The molecular weight excluding hydrogens is 735 g/mol. The van der Waals surface area contributed by atoms with Crippen LogP contribution in [0.25, 0.3) is 0 Å². The Morgan fingerprint density at radius 1 is 0.897 bits per heavy atom. The van der Waals surface area contributed by atoms with Gasteiger partial charge >= 0.3 is 11.9 Å². The van der Waals surface area contributed by atoms with Crippen molar-refractivity contribution in [1.29, 1.82) is 0 Å². The fourth-order valence-electron chi connectivity index (χ4n) is 10.2. The van der Waals surface area contributed by atoms with E-state index in [2.05, 4.69) is 31.2 Å². The summed E-state index contributed by atoms with van der Waals surface area (Å²) < 4.78 is 16.8. The van der Waals surface area contributed by atoms with E-state index in [1.54, 1.807) is 12.2 Å². The molecule has 58 heavy (non-hydrogen) atoms. The second kappa shape index (κ2) is 23.0. The molecule has 0 aromatic heterocycles. The Labute approximate surface area is 348 Å². The highest BCUT2D eigenvalue weighted by Gasteiger charge is 2.68. The van der Waals surface area contributed by atoms with E-state index < -0.39 is 40.8 Å². The maximum Gasteiger partial charge on any atom is 0.306 e. The van der Waals surface area contributed by atoms with Crippen molar-refractivity contribution in [3.63, 3.8) is 0 Å². The van der Waals surface area contributed by atoms with E-state index in [1.807, 2.05) is 38.9 Å². The minimum atomic E-state index is -1.81. The van der Waals surface area contributed by atoms with Crippen LogP contribution in [0.2, 0.25) is 0 Å². The first kappa shape index (κ1) is 47.5. The largest absolute Gasteiger partial charge is 0.463 e. The van der Waals surface area contributed by atoms with Crippen molar-refractivity contribution in [2.75, 3.05) is 40.5 Å². The van der Waals surface area contributed by atoms with E-state index in [1.165, 1.54) is 51.4 Å². The minimum Gasteiger partial charge on any atom is -0.463 e. The second-order valence-corrected chi connectivity index (χ2v) is 18.0. The zero-order chi connectivity index (χ0) is 42.2. The van der Waals surface area contributed by atoms with Gasteiger partial charge in [-0.3, -0.25) is 24.0 Å². The van der Waals surface area contributed by atoms with Crippen LogP contribution in [-0.4, -0.2) is 91.5 Å². The van der Waals surface area contributed by atoms with Crippen LogP contribution < -0.4 is 0 Å². The van der Waals surface area contributed by atoms with E-state index in [9.17, 15) is 29.1 Å². The highest BCUT2D eigenvalue weighted by atomic mass is 16.6. The van der Waals surface area contributed by atoms with Crippen LogP contribution in [0.4, 0.5) is 0 Å². The van der Waals surface area contributed by atoms with Gasteiger partial charge in [-0.2, -0.15) is 0 Å². The summed E-state index contributed by atoms with van der Waals surface area (Å²) in [7, 11) is 3.87. The number of hydrogen-bond donors (Lipinski definition) is 1. The molecule has 1 unspecified atom stereocenters. The number of nitrogens with zero attached hydrogens (tertiary/aromatic N) is 1. The molecule has 4 aliphatic rings. The number of allylic oxidation sites excluding steroid dienone is 8. The Kier molecular flexibility index (Phi) is 18.8.